The smallest absolute Gasteiger partial charge is 0.133 e. The van der Waals surface area contributed by atoms with Crippen molar-refractivity contribution in [1.29, 1.82) is 0 Å². The highest BCUT2D eigenvalue weighted by Crippen LogP contribution is 2.38. The number of anilines is 1. The quantitative estimate of drug-likeness (QED) is 0.792. The first kappa shape index (κ1) is 8.21. The molecule has 2 fully saturated rings. The highest BCUT2D eigenvalue weighted by atomic mass is 15.1. The highest BCUT2D eigenvalue weighted by molar-refractivity contribution is 5.44. The van der Waals surface area contributed by atoms with E-state index in [4.69, 9.17) is 0 Å². The number of aromatic nitrogens is 2. The molecule has 3 rings (SSSR count). The Morgan fingerprint density at radius 1 is 1.29 bits per heavy atom. The number of hydrogen-bond acceptors (Lipinski definition) is 3. The molecule has 0 aliphatic heterocycles. The lowest BCUT2D eigenvalue weighted by Crippen LogP contribution is -2.07. The normalized spacial score (nSPS) is 20.9. The second-order valence-corrected chi connectivity index (χ2v) is 4.45. The van der Waals surface area contributed by atoms with E-state index < -0.39 is 0 Å². The first-order valence-electron chi connectivity index (χ1n) is 5.43. The van der Waals surface area contributed by atoms with Gasteiger partial charge in [0.05, 0.1) is 0 Å². The van der Waals surface area contributed by atoms with Gasteiger partial charge in [0.15, 0.2) is 0 Å². The van der Waals surface area contributed by atoms with Gasteiger partial charge in [0, 0.05) is 23.7 Å². The Balaban J connectivity index is 1.86. The topological polar surface area (TPSA) is 37.8 Å². The van der Waals surface area contributed by atoms with Crippen LogP contribution in [0.15, 0.2) is 6.20 Å². The Morgan fingerprint density at radius 2 is 2.07 bits per heavy atom. The SMILES string of the molecule is Cc1cnc(C2CC2)nc1NC1CC1. The average Bonchev–Trinajstić information content (AvgIpc) is 3.01. The second-order valence-electron chi connectivity index (χ2n) is 4.45. The van der Waals surface area contributed by atoms with Crippen molar-refractivity contribution in [2.75, 3.05) is 5.32 Å². The largest absolute Gasteiger partial charge is 0.367 e. The summed E-state index contributed by atoms with van der Waals surface area (Å²) < 4.78 is 0. The fourth-order valence-electron chi connectivity index (χ4n) is 1.56. The molecular weight excluding hydrogens is 174 g/mol. The number of rotatable bonds is 3. The molecule has 2 aliphatic carbocycles. The maximum absolute atomic E-state index is 4.59. The van der Waals surface area contributed by atoms with Crippen LogP contribution in [-0.2, 0) is 0 Å². The Kier molecular flexibility index (Phi) is 1.72. The molecule has 14 heavy (non-hydrogen) atoms. The van der Waals surface area contributed by atoms with Gasteiger partial charge in [-0.25, -0.2) is 9.97 Å². The number of aryl methyl sites for hydroxylation is 1. The van der Waals surface area contributed by atoms with Crippen LogP contribution in [0.3, 0.4) is 0 Å². The molecule has 2 aliphatic rings. The summed E-state index contributed by atoms with van der Waals surface area (Å²) in [5.74, 6) is 2.75. The van der Waals surface area contributed by atoms with Crippen LogP contribution in [-0.4, -0.2) is 16.0 Å². The molecule has 1 N–H and O–H groups in total. The van der Waals surface area contributed by atoms with Crippen molar-refractivity contribution in [1.82, 2.24) is 9.97 Å². The van der Waals surface area contributed by atoms with Crippen molar-refractivity contribution in [3.05, 3.63) is 17.6 Å². The van der Waals surface area contributed by atoms with Gasteiger partial charge in [-0.2, -0.15) is 0 Å². The molecule has 0 spiro atoms. The van der Waals surface area contributed by atoms with Crippen molar-refractivity contribution >= 4 is 5.82 Å². The van der Waals surface area contributed by atoms with Crippen LogP contribution in [0, 0.1) is 6.92 Å². The Hall–Kier alpha value is -1.12. The summed E-state index contributed by atoms with van der Waals surface area (Å²) in [5.41, 5.74) is 1.17. The summed E-state index contributed by atoms with van der Waals surface area (Å²) in [7, 11) is 0. The minimum Gasteiger partial charge on any atom is -0.367 e. The first-order valence-corrected chi connectivity index (χ1v) is 5.43. The molecule has 3 heteroatoms. The molecule has 0 aromatic carbocycles. The summed E-state index contributed by atoms with van der Waals surface area (Å²) in [4.78, 5) is 8.97. The van der Waals surface area contributed by atoms with Crippen LogP contribution < -0.4 is 5.32 Å². The van der Waals surface area contributed by atoms with Crippen LogP contribution in [0.4, 0.5) is 5.82 Å². The average molecular weight is 189 g/mol. The van der Waals surface area contributed by atoms with Crippen LogP contribution >= 0.6 is 0 Å². The summed E-state index contributed by atoms with van der Waals surface area (Å²) >= 11 is 0. The molecule has 0 unspecified atom stereocenters. The monoisotopic (exact) mass is 189 g/mol. The predicted octanol–water partition coefficient (Wildman–Crippen LogP) is 2.24. The van der Waals surface area contributed by atoms with Gasteiger partial charge < -0.3 is 5.32 Å². The lowest BCUT2D eigenvalue weighted by Gasteiger charge is -2.08. The molecule has 3 nitrogen and oxygen atoms in total. The van der Waals surface area contributed by atoms with Gasteiger partial charge >= 0.3 is 0 Å². The number of nitrogens with zero attached hydrogens (tertiary/aromatic N) is 2. The lowest BCUT2D eigenvalue weighted by atomic mass is 10.3. The van der Waals surface area contributed by atoms with Gasteiger partial charge in [-0.3, -0.25) is 0 Å². The van der Waals surface area contributed by atoms with Crippen molar-refractivity contribution < 1.29 is 0 Å². The Bertz CT molecular complexity index is 354. The number of hydrogen-bond donors (Lipinski definition) is 1. The van der Waals surface area contributed by atoms with Crippen LogP contribution in [0.25, 0.3) is 0 Å². The third-order valence-electron chi connectivity index (χ3n) is 2.85. The lowest BCUT2D eigenvalue weighted by molar-refractivity contribution is 0.911. The van der Waals surface area contributed by atoms with Gasteiger partial charge in [-0.05, 0) is 32.6 Å². The van der Waals surface area contributed by atoms with Crippen molar-refractivity contribution in [3.63, 3.8) is 0 Å². The molecule has 0 saturated heterocycles. The molecule has 1 heterocycles. The second kappa shape index (κ2) is 2.94. The van der Waals surface area contributed by atoms with E-state index in [1.165, 1.54) is 31.2 Å². The summed E-state index contributed by atoms with van der Waals surface area (Å²) in [6.45, 7) is 2.07. The van der Waals surface area contributed by atoms with E-state index in [0.717, 1.165) is 11.6 Å². The molecule has 1 aromatic rings. The van der Waals surface area contributed by atoms with Gasteiger partial charge in [0.25, 0.3) is 0 Å². The zero-order valence-electron chi connectivity index (χ0n) is 8.45. The maximum atomic E-state index is 4.59. The zero-order chi connectivity index (χ0) is 9.54. The minimum absolute atomic E-state index is 0.648. The molecule has 2 saturated carbocycles. The van der Waals surface area contributed by atoms with E-state index in [1.54, 1.807) is 0 Å². The van der Waals surface area contributed by atoms with Crippen LogP contribution in [0.1, 0.15) is 43.0 Å². The fourth-order valence-corrected chi connectivity index (χ4v) is 1.56. The third kappa shape index (κ3) is 1.59. The summed E-state index contributed by atoms with van der Waals surface area (Å²) in [6.07, 6.45) is 7.08. The van der Waals surface area contributed by atoms with Gasteiger partial charge in [0.1, 0.15) is 11.6 Å². The van der Waals surface area contributed by atoms with E-state index in [9.17, 15) is 0 Å². The van der Waals surface area contributed by atoms with Gasteiger partial charge in [0.2, 0.25) is 0 Å². The van der Waals surface area contributed by atoms with Crippen molar-refractivity contribution in [2.45, 2.75) is 44.6 Å². The molecule has 0 radical (unpaired) electrons. The van der Waals surface area contributed by atoms with Gasteiger partial charge in [-0.1, -0.05) is 0 Å². The number of nitrogens with one attached hydrogen (secondary N) is 1. The highest BCUT2D eigenvalue weighted by Gasteiger charge is 2.28. The summed E-state index contributed by atoms with van der Waals surface area (Å²) in [5, 5.41) is 3.46. The Labute approximate surface area is 84.0 Å². The van der Waals surface area contributed by atoms with Gasteiger partial charge in [-0.15, -0.1) is 0 Å². The molecular formula is C11H15N3. The summed E-state index contributed by atoms with van der Waals surface area (Å²) in [6, 6.07) is 0.677. The molecule has 74 valence electrons. The van der Waals surface area contributed by atoms with E-state index in [-0.39, 0.29) is 0 Å². The molecule has 0 atom stereocenters. The van der Waals surface area contributed by atoms with E-state index in [0.29, 0.717) is 12.0 Å². The molecule has 1 aromatic heterocycles. The fraction of sp³-hybridized carbons (Fsp3) is 0.636. The predicted molar refractivity (Wildman–Crippen MR) is 55.4 cm³/mol. The van der Waals surface area contributed by atoms with Crippen LogP contribution in [0.2, 0.25) is 0 Å². The van der Waals surface area contributed by atoms with E-state index >= 15 is 0 Å². The Morgan fingerprint density at radius 3 is 2.71 bits per heavy atom. The minimum atomic E-state index is 0.648. The zero-order valence-corrected chi connectivity index (χ0v) is 8.45. The van der Waals surface area contributed by atoms with E-state index in [1.807, 2.05) is 6.20 Å². The van der Waals surface area contributed by atoms with Crippen molar-refractivity contribution in [2.24, 2.45) is 0 Å². The molecule has 0 bridgehead atoms. The van der Waals surface area contributed by atoms with Crippen molar-refractivity contribution in [3.8, 4) is 0 Å². The van der Waals surface area contributed by atoms with Crippen LogP contribution in [0.5, 0.6) is 0 Å². The first-order chi connectivity index (χ1) is 6.83. The third-order valence-corrected chi connectivity index (χ3v) is 2.85. The maximum Gasteiger partial charge on any atom is 0.133 e. The standard InChI is InChI=1S/C11H15N3/c1-7-6-12-11(8-2-3-8)14-10(7)13-9-4-5-9/h6,8-9H,2-5H2,1H3,(H,12,13,14). The van der Waals surface area contributed by atoms with E-state index in [2.05, 4.69) is 22.2 Å². The molecule has 0 amide bonds.